The van der Waals surface area contributed by atoms with E-state index in [0.29, 0.717) is 17.7 Å². The average Bonchev–Trinajstić information content (AvgIpc) is 3.19. The van der Waals surface area contributed by atoms with Crippen molar-refractivity contribution in [3.63, 3.8) is 0 Å². The van der Waals surface area contributed by atoms with Crippen LogP contribution in [0.4, 0.5) is 0 Å². The number of imidazole rings is 1. The van der Waals surface area contributed by atoms with E-state index in [-0.39, 0.29) is 5.91 Å². The quantitative estimate of drug-likeness (QED) is 0.695. The van der Waals surface area contributed by atoms with Crippen LogP contribution in [0.5, 0.6) is 0 Å². The Labute approximate surface area is 151 Å². The molecule has 6 heteroatoms. The van der Waals surface area contributed by atoms with E-state index in [2.05, 4.69) is 15.0 Å². The Bertz CT molecular complexity index is 870. The van der Waals surface area contributed by atoms with Crippen LogP contribution in [-0.2, 0) is 17.8 Å². The van der Waals surface area contributed by atoms with Crippen LogP contribution in [0.2, 0.25) is 0 Å². The minimum Gasteiger partial charge on any atom is -0.465 e. The van der Waals surface area contributed by atoms with Crippen LogP contribution in [0.3, 0.4) is 0 Å². The van der Waals surface area contributed by atoms with Gasteiger partial charge in [0.1, 0.15) is 0 Å². The lowest BCUT2D eigenvalue weighted by Gasteiger charge is -2.08. The molecule has 0 bridgehead atoms. The summed E-state index contributed by atoms with van der Waals surface area (Å²) in [5.74, 6) is -0.614. The summed E-state index contributed by atoms with van der Waals surface area (Å²) in [4.78, 5) is 27.6. The third kappa shape index (κ3) is 4.36. The zero-order chi connectivity index (χ0) is 18.4. The maximum absolute atomic E-state index is 12.2. The molecule has 132 valence electrons. The van der Waals surface area contributed by atoms with Gasteiger partial charge in [0.25, 0.3) is 5.91 Å². The fourth-order valence-corrected chi connectivity index (χ4v) is 2.51. The number of nitrogens with zero attached hydrogens (tertiary/aromatic N) is 2. The van der Waals surface area contributed by atoms with Crippen molar-refractivity contribution in [1.29, 1.82) is 0 Å². The molecule has 6 nitrogen and oxygen atoms in total. The molecule has 1 aromatic heterocycles. The van der Waals surface area contributed by atoms with Gasteiger partial charge in [0.15, 0.2) is 0 Å². The molecule has 26 heavy (non-hydrogen) atoms. The second-order valence-electron chi connectivity index (χ2n) is 5.80. The van der Waals surface area contributed by atoms with Gasteiger partial charge in [0.2, 0.25) is 0 Å². The molecule has 3 rings (SSSR count). The Morgan fingerprint density at radius 3 is 2.27 bits per heavy atom. The second-order valence-corrected chi connectivity index (χ2v) is 5.80. The summed E-state index contributed by atoms with van der Waals surface area (Å²) in [6.45, 7) is 1.20. The first-order valence-corrected chi connectivity index (χ1v) is 8.16. The molecule has 0 radical (unpaired) electrons. The van der Waals surface area contributed by atoms with Crippen LogP contribution in [0.15, 0.2) is 67.3 Å². The molecule has 0 spiro atoms. The van der Waals surface area contributed by atoms with Gasteiger partial charge in [-0.2, -0.15) is 0 Å². The molecule has 0 atom stereocenters. The molecule has 0 saturated carbocycles. The van der Waals surface area contributed by atoms with Gasteiger partial charge >= 0.3 is 5.97 Å². The van der Waals surface area contributed by atoms with E-state index >= 15 is 0 Å². The van der Waals surface area contributed by atoms with Crippen molar-refractivity contribution in [1.82, 2.24) is 14.9 Å². The molecule has 0 aliphatic carbocycles. The number of hydrogen-bond donors (Lipinski definition) is 1. The highest BCUT2D eigenvalue weighted by Gasteiger charge is 2.08. The molecule has 1 amide bonds. The van der Waals surface area contributed by atoms with Crippen LogP contribution >= 0.6 is 0 Å². The summed E-state index contributed by atoms with van der Waals surface area (Å²) >= 11 is 0. The Hall–Kier alpha value is -3.41. The van der Waals surface area contributed by atoms with Crippen molar-refractivity contribution in [2.75, 3.05) is 7.11 Å². The molecule has 1 heterocycles. The fraction of sp³-hybridized carbons (Fsp3) is 0.150. The van der Waals surface area contributed by atoms with Crippen molar-refractivity contribution in [3.8, 4) is 0 Å². The van der Waals surface area contributed by atoms with E-state index in [1.165, 1.54) is 7.11 Å². The first-order chi connectivity index (χ1) is 12.7. The van der Waals surface area contributed by atoms with Crippen molar-refractivity contribution >= 4 is 11.9 Å². The number of methoxy groups -OCH3 is 1. The summed E-state index contributed by atoms with van der Waals surface area (Å²) in [7, 11) is 1.32. The molecule has 2 aromatic carbocycles. The van der Waals surface area contributed by atoms with Gasteiger partial charge in [-0.25, -0.2) is 9.78 Å². The predicted octanol–water partition coefficient (Wildman–Crippen LogP) is 2.65. The zero-order valence-electron chi connectivity index (χ0n) is 14.4. The van der Waals surface area contributed by atoms with Crippen LogP contribution < -0.4 is 5.32 Å². The minimum absolute atomic E-state index is 0.191. The summed E-state index contributed by atoms with van der Waals surface area (Å²) in [6, 6.07) is 14.4. The lowest BCUT2D eigenvalue weighted by atomic mass is 10.1. The van der Waals surface area contributed by atoms with Crippen LogP contribution in [0, 0.1) is 0 Å². The van der Waals surface area contributed by atoms with Gasteiger partial charge in [0.05, 0.1) is 19.0 Å². The average molecular weight is 349 g/mol. The molecule has 0 aliphatic heterocycles. The number of amides is 1. The number of nitrogens with one attached hydrogen (secondary N) is 1. The van der Waals surface area contributed by atoms with E-state index in [1.807, 2.05) is 35.0 Å². The highest BCUT2D eigenvalue weighted by molar-refractivity contribution is 5.96. The number of hydrogen-bond acceptors (Lipinski definition) is 4. The van der Waals surface area contributed by atoms with E-state index in [9.17, 15) is 9.59 Å². The van der Waals surface area contributed by atoms with Gasteiger partial charge in [-0.3, -0.25) is 4.79 Å². The fourth-order valence-electron chi connectivity index (χ4n) is 2.51. The summed E-state index contributed by atoms with van der Waals surface area (Å²) < 4.78 is 6.63. The topological polar surface area (TPSA) is 73.2 Å². The number of ether oxygens (including phenoxy) is 1. The molecule has 0 saturated heterocycles. The number of aromatic nitrogens is 2. The molecule has 0 aliphatic rings. The molecular weight excluding hydrogens is 330 g/mol. The van der Waals surface area contributed by atoms with Crippen molar-refractivity contribution in [2.45, 2.75) is 13.1 Å². The van der Waals surface area contributed by atoms with Crippen molar-refractivity contribution in [3.05, 3.63) is 89.5 Å². The van der Waals surface area contributed by atoms with Crippen LogP contribution in [0.1, 0.15) is 31.8 Å². The number of carbonyl (C=O) groups is 2. The smallest absolute Gasteiger partial charge is 0.337 e. The lowest BCUT2D eigenvalue weighted by Crippen LogP contribution is -2.22. The SMILES string of the molecule is COC(=O)c1ccc(C(=O)NCc2ccc(Cn3ccnc3)cc2)cc1. The van der Waals surface area contributed by atoms with Crippen LogP contribution in [-0.4, -0.2) is 28.5 Å². The van der Waals surface area contributed by atoms with E-state index in [1.54, 1.807) is 36.8 Å². The zero-order valence-corrected chi connectivity index (χ0v) is 14.4. The standard InChI is InChI=1S/C20H19N3O3/c1-26-20(25)18-8-6-17(7-9-18)19(24)22-12-15-2-4-16(5-3-15)13-23-11-10-21-14-23/h2-11,14H,12-13H2,1H3,(H,22,24). The third-order valence-corrected chi connectivity index (χ3v) is 3.97. The number of carbonyl (C=O) groups excluding carboxylic acids is 2. The van der Waals surface area contributed by atoms with E-state index in [0.717, 1.165) is 17.7 Å². The van der Waals surface area contributed by atoms with Crippen molar-refractivity contribution < 1.29 is 14.3 Å². The normalized spacial score (nSPS) is 10.3. The van der Waals surface area contributed by atoms with E-state index < -0.39 is 5.97 Å². The number of esters is 1. The molecule has 3 aromatic rings. The number of rotatable bonds is 6. The molecule has 0 fully saturated rings. The van der Waals surface area contributed by atoms with Crippen LogP contribution in [0.25, 0.3) is 0 Å². The Balaban J connectivity index is 1.54. The summed E-state index contributed by atoms with van der Waals surface area (Å²) in [5, 5.41) is 2.87. The largest absolute Gasteiger partial charge is 0.465 e. The number of benzene rings is 2. The highest BCUT2D eigenvalue weighted by atomic mass is 16.5. The van der Waals surface area contributed by atoms with Gasteiger partial charge in [-0.1, -0.05) is 24.3 Å². The minimum atomic E-state index is -0.423. The van der Waals surface area contributed by atoms with Gasteiger partial charge in [-0.05, 0) is 35.4 Å². The van der Waals surface area contributed by atoms with E-state index in [4.69, 9.17) is 0 Å². The third-order valence-electron chi connectivity index (χ3n) is 3.97. The molecule has 0 unspecified atom stereocenters. The molecule has 1 N–H and O–H groups in total. The van der Waals surface area contributed by atoms with Gasteiger partial charge < -0.3 is 14.6 Å². The Morgan fingerprint density at radius 1 is 1.00 bits per heavy atom. The molecular formula is C20H19N3O3. The Kier molecular flexibility index (Phi) is 5.43. The second kappa shape index (κ2) is 8.11. The maximum atomic E-state index is 12.2. The van der Waals surface area contributed by atoms with Crippen molar-refractivity contribution in [2.24, 2.45) is 0 Å². The Morgan fingerprint density at radius 2 is 1.65 bits per heavy atom. The summed E-state index contributed by atoms with van der Waals surface area (Å²) in [6.07, 6.45) is 5.45. The first kappa shape index (κ1) is 17.4. The predicted molar refractivity (Wildman–Crippen MR) is 96.7 cm³/mol. The van der Waals surface area contributed by atoms with Gasteiger partial charge in [0, 0.05) is 31.0 Å². The maximum Gasteiger partial charge on any atom is 0.337 e. The summed E-state index contributed by atoms with van der Waals surface area (Å²) in [5.41, 5.74) is 3.09. The lowest BCUT2D eigenvalue weighted by molar-refractivity contribution is 0.0600. The van der Waals surface area contributed by atoms with Gasteiger partial charge in [-0.15, -0.1) is 0 Å². The monoisotopic (exact) mass is 349 g/mol. The highest BCUT2D eigenvalue weighted by Crippen LogP contribution is 2.08. The first-order valence-electron chi connectivity index (χ1n) is 8.16.